The number of hydrogen-bond acceptors (Lipinski definition) is 5. The second-order valence-corrected chi connectivity index (χ2v) is 6.99. The number of pyridine rings is 1. The van der Waals surface area contributed by atoms with E-state index in [9.17, 15) is 13.2 Å². The van der Waals surface area contributed by atoms with E-state index in [2.05, 4.69) is 4.98 Å². The Morgan fingerprint density at radius 3 is 2.17 bits per heavy atom. The number of rotatable bonds is 4. The molecular formula is C17H15NO5S. The van der Waals surface area contributed by atoms with Crippen molar-refractivity contribution in [1.29, 1.82) is 0 Å². The number of nitrogens with one attached hydrogen (secondary N) is 1. The Kier molecular flexibility index (Phi) is 4.02. The second-order valence-electron chi connectivity index (χ2n) is 5.07. The van der Waals surface area contributed by atoms with Crippen LogP contribution < -0.4 is 14.9 Å². The summed E-state index contributed by atoms with van der Waals surface area (Å²) in [6, 6.07) is 10.7. The molecule has 2 aromatic carbocycles. The minimum Gasteiger partial charge on any atom is -0.497 e. The molecule has 0 fully saturated rings. The topological polar surface area (TPSA) is 85.5 Å². The van der Waals surface area contributed by atoms with E-state index >= 15 is 0 Å². The van der Waals surface area contributed by atoms with Crippen LogP contribution in [0.5, 0.6) is 11.5 Å². The lowest BCUT2D eigenvalue weighted by molar-refractivity contribution is 0.414. The number of aromatic amines is 1. The Morgan fingerprint density at radius 2 is 1.54 bits per heavy atom. The van der Waals surface area contributed by atoms with Gasteiger partial charge < -0.3 is 14.5 Å². The molecule has 124 valence electrons. The normalized spacial score (nSPS) is 11.4. The zero-order valence-corrected chi connectivity index (χ0v) is 13.9. The highest BCUT2D eigenvalue weighted by atomic mass is 32.2. The van der Waals surface area contributed by atoms with Gasteiger partial charge in [-0.15, -0.1) is 0 Å². The first-order chi connectivity index (χ1) is 11.5. The van der Waals surface area contributed by atoms with Crippen LogP contribution in [0.25, 0.3) is 10.9 Å². The molecular weight excluding hydrogens is 330 g/mol. The number of benzene rings is 2. The van der Waals surface area contributed by atoms with E-state index in [1.54, 1.807) is 12.1 Å². The lowest BCUT2D eigenvalue weighted by Gasteiger charge is -2.07. The van der Waals surface area contributed by atoms with Gasteiger partial charge in [-0.1, -0.05) is 0 Å². The summed E-state index contributed by atoms with van der Waals surface area (Å²) < 4.78 is 35.6. The molecule has 0 amide bonds. The predicted molar refractivity (Wildman–Crippen MR) is 89.6 cm³/mol. The maximum atomic E-state index is 12.8. The number of fused-ring (bicyclic) bond motifs is 1. The number of aromatic nitrogens is 1. The second kappa shape index (κ2) is 6.01. The van der Waals surface area contributed by atoms with Gasteiger partial charge in [-0.3, -0.25) is 4.79 Å². The number of hydrogen-bond donors (Lipinski definition) is 1. The fourth-order valence-electron chi connectivity index (χ4n) is 2.39. The molecule has 6 nitrogen and oxygen atoms in total. The molecule has 0 unspecified atom stereocenters. The van der Waals surface area contributed by atoms with Gasteiger partial charge in [0.1, 0.15) is 16.4 Å². The maximum absolute atomic E-state index is 12.8. The van der Waals surface area contributed by atoms with Crippen LogP contribution in [-0.4, -0.2) is 27.6 Å². The van der Waals surface area contributed by atoms with Gasteiger partial charge >= 0.3 is 0 Å². The zero-order chi connectivity index (χ0) is 17.3. The van der Waals surface area contributed by atoms with Gasteiger partial charge in [0.25, 0.3) is 0 Å². The van der Waals surface area contributed by atoms with Gasteiger partial charge in [0.2, 0.25) is 15.3 Å². The summed E-state index contributed by atoms with van der Waals surface area (Å²) in [5.41, 5.74) is -0.0343. The first-order valence-electron chi connectivity index (χ1n) is 7.06. The van der Waals surface area contributed by atoms with Crippen LogP contribution in [-0.2, 0) is 9.84 Å². The predicted octanol–water partition coefficient (Wildman–Crippen LogP) is 2.38. The Morgan fingerprint density at radius 1 is 0.917 bits per heavy atom. The monoisotopic (exact) mass is 345 g/mol. The Balaban J connectivity index is 2.20. The van der Waals surface area contributed by atoms with Gasteiger partial charge in [0.15, 0.2) is 0 Å². The van der Waals surface area contributed by atoms with Crippen LogP contribution in [0.3, 0.4) is 0 Å². The van der Waals surface area contributed by atoms with Crippen LogP contribution >= 0.6 is 0 Å². The zero-order valence-electron chi connectivity index (χ0n) is 13.1. The van der Waals surface area contributed by atoms with Crippen LogP contribution in [0.2, 0.25) is 0 Å². The van der Waals surface area contributed by atoms with Gasteiger partial charge in [-0.2, -0.15) is 0 Å². The summed E-state index contributed by atoms with van der Waals surface area (Å²) in [4.78, 5) is 15.2. The van der Waals surface area contributed by atoms with Gasteiger partial charge in [0.05, 0.1) is 24.5 Å². The molecule has 0 aliphatic rings. The molecule has 3 aromatic rings. The van der Waals surface area contributed by atoms with Crippen LogP contribution in [0.15, 0.2) is 63.2 Å². The molecule has 1 heterocycles. The van der Waals surface area contributed by atoms with Crippen molar-refractivity contribution < 1.29 is 17.9 Å². The summed E-state index contributed by atoms with van der Waals surface area (Å²) in [5.74, 6) is 1.01. The van der Waals surface area contributed by atoms with Gasteiger partial charge in [-0.25, -0.2) is 8.42 Å². The van der Waals surface area contributed by atoms with E-state index in [4.69, 9.17) is 9.47 Å². The molecule has 3 rings (SSSR count). The van der Waals surface area contributed by atoms with E-state index in [0.29, 0.717) is 17.0 Å². The summed E-state index contributed by atoms with van der Waals surface area (Å²) in [6.07, 6.45) is 1.22. The Bertz CT molecular complexity index is 1050. The summed E-state index contributed by atoms with van der Waals surface area (Å²) in [6.45, 7) is 0. The number of methoxy groups -OCH3 is 2. The average molecular weight is 345 g/mol. The molecule has 1 aromatic heterocycles. The fraction of sp³-hybridized carbons (Fsp3) is 0.118. The Hall–Kier alpha value is -2.80. The highest BCUT2D eigenvalue weighted by molar-refractivity contribution is 7.91. The maximum Gasteiger partial charge on any atom is 0.211 e. The molecule has 7 heteroatoms. The molecule has 0 saturated carbocycles. The molecule has 24 heavy (non-hydrogen) atoms. The summed E-state index contributed by atoms with van der Waals surface area (Å²) in [5, 5.41) is 0.254. The molecule has 0 bridgehead atoms. The van der Waals surface area contributed by atoms with E-state index in [0.717, 1.165) is 0 Å². The lowest BCUT2D eigenvalue weighted by atomic mass is 10.2. The summed E-state index contributed by atoms with van der Waals surface area (Å²) in [7, 11) is -0.975. The largest absolute Gasteiger partial charge is 0.497 e. The van der Waals surface area contributed by atoms with Crippen LogP contribution in [0.1, 0.15) is 0 Å². The third-order valence-corrected chi connectivity index (χ3v) is 5.49. The minimum absolute atomic E-state index is 0.0241. The fourth-order valence-corrected chi connectivity index (χ4v) is 3.70. The van der Waals surface area contributed by atoms with Crippen molar-refractivity contribution in [2.75, 3.05) is 14.2 Å². The number of H-pyrrole nitrogens is 1. The van der Waals surface area contributed by atoms with Gasteiger partial charge in [0, 0.05) is 11.7 Å². The third-order valence-electron chi connectivity index (χ3n) is 3.71. The average Bonchev–Trinajstić information content (AvgIpc) is 2.61. The minimum atomic E-state index is -3.95. The number of sulfone groups is 1. The van der Waals surface area contributed by atoms with E-state index in [-0.39, 0.29) is 15.2 Å². The smallest absolute Gasteiger partial charge is 0.211 e. The molecule has 0 aliphatic heterocycles. The molecule has 0 spiro atoms. The highest BCUT2D eigenvalue weighted by Crippen LogP contribution is 2.23. The van der Waals surface area contributed by atoms with Crippen molar-refractivity contribution in [3.63, 3.8) is 0 Å². The van der Waals surface area contributed by atoms with Crippen molar-refractivity contribution in [3.8, 4) is 11.5 Å². The summed E-state index contributed by atoms with van der Waals surface area (Å²) >= 11 is 0. The van der Waals surface area contributed by atoms with E-state index in [1.807, 2.05) is 0 Å². The highest BCUT2D eigenvalue weighted by Gasteiger charge is 2.22. The SMILES string of the molecule is COc1ccc(S(=O)(=O)c2c[nH]c3ccc(OC)cc3c2=O)cc1. The first kappa shape index (κ1) is 16.1. The van der Waals surface area contributed by atoms with Crippen LogP contribution in [0.4, 0.5) is 0 Å². The third kappa shape index (κ3) is 2.63. The first-order valence-corrected chi connectivity index (χ1v) is 8.54. The van der Waals surface area contributed by atoms with Crippen molar-refractivity contribution in [1.82, 2.24) is 4.98 Å². The van der Waals surface area contributed by atoms with Gasteiger partial charge in [-0.05, 0) is 42.5 Å². The quantitative estimate of drug-likeness (QED) is 0.785. The van der Waals surface area contributed by atoms with Crippen molar-refractivity contribution in [2.24, 2.45) is 0 Å². The molecule has 0 aliphatic carbocycles. The van der Waals surface area contributed by atoms with E-state index in [1.165, 1.54) is 50.7 Å². The van der Waals surface area contributed by atoms with Crippen LogP contribution in [0, 0.1) is 0 Å². The number of ether oxygens (including phenoxy) is 2. The standard InChI is InChI=1S/C17H15NO5S/c1-22-11-3-6-13(7-4-11)24(20,21)16-10-18-15-8-5-12(23-2)9-14(15)17(16)19/h3-10H,1-2H3,(H,18,19). The molecule has 0 saturated heterocycles. The van der Waals surface area contributed by atoms with Crippen molar-refractivity contribution in [3.05, 3.63) is 58.9 Å². The van der Waals surface area contributed by atoms with Crippen molar-refractivity contribution >= 4 is 20.7 Å². The Labute approximate surface area is 138 Å². The molecule has 0 atom stereocenters. The van der Waals surface area contributed by atoms with E-state index < -0.39 is 15.3 Å². The molecule has 1 N–H and O–H groups in total. The van der Waals surface area contributed by atoms with Crippen molar-refractivity contribution in [2.45, 2.75) is 9.79 Å². The lowest BCUT2D eigenvalue weighted by Crippen LogP contribution is -2.16. The molecule has 0 radical (unpaired) electrons.